The lowest BCUT2D eigenvalue weighted by Crippen LogP contribution is -2.30. The number of unbranched alkanes of at least 4 members (excludes halogenated alkanes) is 13. The van der Waals surface area contributed by atoms with Gasteiger partial charge in [-0.15, -0.1) is 0 Å². The minimum Gasteiger partial charge on any atom is -0.462 e. The first kappa shape index (κ1) is 61.5. The van der Waals surface area contributed by atoms with Gasteiger partial charge in [0.2, 0.25) is 0 Å². The highest BCUT2D eigenvalue weighted by atomic mass is 16.6. The van der Waals surface area contributed by atoms with Gasteiger partial charge in [-0.3, -0.25) is 14.4 Å². The number of hydrogen-bond donors (Lipinski definition) is 0. The fourth-order valence-corrected chi connectivity index (χ4v) is 6.03. The van der Waals surface area contributed by atoms with Gasteiger partial charge in [0, 0.05) is 19.3 Å². The van der Waals surface area contributed by atoms with Crippen molar-refractivity contribution in [2.75, 3.05) is 13.2 Å². The minimum atomic E-state index is -0.831. The van der Waals surface area contributed by atoms with Crippen LogP contribution in [0.2, 0.25) is 0 Å². The molecule has 0 amide bonds. The fourth-order valence-electron chi connectivity index (χ4n) is 6.03. The van der Waals surface area contributed by atoms with E-state index in [9.17, 15) is 14.4 Å². The second-order valence-corrected chi connectivity index (χ2v) is 15.9. The summed E-state index contributed by atoms with van der Waals surface area (Å²) in [6.45, 7) is 6.09. The zero-order valence-corrected chi connectivity index (χ0v) is 41.8. The predicted molar refractivity (Wildman–Crippen MR) is 287 cm³/mol. The first-order valence-corrected chi connectivity index (χ1v) is 25.5. The molecule has 0 saturated carbocycles. The van der Waals surface area contributed by atoms with Crippen LogP contribution in [0.5, 0.6) is 0 Å². The molecule has 0 heterocycles. The normalized spacial score (nSPS) is 13.7. The molecule has 368 valence electrons. The molecule has 6 heteroatoms. The van der Waals surface area contributed by atoms with Gasteiger partial charge < -0.3 is 14.2 Å². The summed E-state index contributed by atoms with van der Waals surface area (Å²) in [4.78, 5) is 38.0. The number of rotatable bonds is 42. The summed E-state index contributed by atoms with van der Waals surface area (Å²) in [5.74, 6) is -1.04. The molecule has 0 rings (SSSR count). The van der Waals surface area contributed by atoms with Crippen molar-refractivity contribution >= 4 is 17.9 Å². The Morgan fingerprint density at radius 2 is 0.537 bits per heavy atom. The van der Waals surface area contributed by atoms with E-state index in [0.717, 1.165) is 116 Å². The van der Waals surface area contributed by atoms with Crippen molar-refractivity contribution in [3.05, 3.63) is 182 Å². The smallest absolute Gasteiger partial charge is 0.306 e. The van der Waals surface area contributed by atoms with Crippen molar-refractivity contribution in [2.45, 2.75) is 168 Å². The molecular formula is C61H88O6. The number of carbonyl (C=O) groups is 3. The summed E-state index contributed by atoms with van der Waals surface area (Å²) in [5.41, 5.74) is 0. The Labute approximate surface area is 408 Å². The molecule has 0 aliphatic carbocycles. The monoisotopic (exact) mass is 917 g/mol. The van der Waals surface area contributed by atoms with Gasteiger partial charge in [0.15, 0.2) is 6.10 Å². The van der Waals surface area contributed by atoms with Gasteiger partial charge in [0.1, 0.15) is 13.2 Å². The number of ether oxygens (including phenoxy) is 3. The van der Waals surface area contributed by atoms with E-state index in [0.29, 0.717) is 12.8 Å². The molecule has 0 spiro atoms. The Morgan fingerprint density at radius 1 is 0.299 bits per heavy atom. The average Bonchev–Trinajstić information content (AvgIpc) is 3.33. The Morgan fingerprint density at radius 3 is 0.851 bits per heavy atom. The van der Waals surface area contributed by atoms with Crippen molar-refractivity contribution in [2.24, 2.45) is 0 Å². The second-order valence-electron chi connectivity index (χ2n) is 15.9. The van der Waals surface area contributed by atoms with Crippen LogP contribution in [0.3, 0.4) is 0 Å². The Hall–Kier alpha value is -5.49. The third-order valence-electron chi connectivity index (χ3n) is 9.77. The standard InChI is InChI=1S/C61H88O6/c1-4-7-10-13-16-19-22-25-28-29-30-31-34-36-39-42-45-48-51-54-60(63)66-57-58(67-61(64)55-52-49-46-43-40-37-33-27-24-21-18-15-12-9-6-3)56-65-59(62)53-50-47-44-41-38-35-32-26-23-20-17-14-11-8-5-2/h7-34,36,39,58H,4-6,35,37-38,40-57H2,1-3H3/b10-7-,11-8-,12-9-,16-13-,17-14-,18-15-,22-19-,23-20-,24-21-,28-25-,30-29+,32-26-,33-27-,34-31-,39-36-. The van der Waals surface area contributed by atoms with E-state index in [1.165, 1.54) is 0 Å². The zero-order valence-electron chi connectivity index (χ0n) is 41.8. The molecule has 0 fully saturated rings. The van der Waals surface area contributed by atoms with E-state index >= 15 is 0 Å². The quantitative estimate of drug-likeness (QED) is 0.0263. The van der Waals surface area contributed by atoms with Gasteiger partial charge >= 0.3 is 17.9 Å². The molecule has 0 aromatic heterocycles. The van der Waals surface area contributed by atoms with Crippen LogP contribution in [-0.2, 0) is 28.6 Å². The SMILES string of the molecule is CC\C=C/C=C\C=C/C=C\C=C\C=C/C=C\CCCCCC(=O)OCC(COC(=O)CCCCCCC\C=C/C=C\C=C/C=C\CC)OC(=O)CCCCCCC\C=C/C=C\C=C/C=C\CC. The third-order valence-corrected chi connectivity index (χ3v) is 9.77. The summed E-state index contributed by atoms with van der Waals surface area (Å²) >= 11 is 0. The summed E-state index contributed by atoms with van der Waals surface area (Å²) in [6.07, 6.45) is 80.0. The average molecular weight is 917 g/mol. The largest absolute Gasteiger partial charge is 0.462 e. The molecule has 0 saturated heterocycles. The van der Waals surface area contributed by atoms with Crippen molar-refractivity contribution < 1.29 is 28.6 Å². The number of hydrogen-bond acceptors (Lipinski definition) is 6. The van der Waals surface area contributed by atoms with Crippen LogP contribution in [0.15, 0.2) is 182 Å². The van der Waals surface area contributed by atoms with E-state index in [4.69, 9.17) is 14.2 Å². The number of esters is 3. The minimum absolute atomic E-state index is 0.126. The number of carbonyl (C=O) groups excluding carboxylic acids is 3. The highest BCUT2D eigenvalue weighted by Crippen LogP contribution is 2.12. The first-order chi connectivity index (χ1) is 33.0. The molecule has 0 aliphatic rings. The van der Waals surface area contributed by atoms with Crippen molar-refractivity contribution in [1.82, 2.24) is 0 Å². The van der Waals surface area contributed by atoms with Crippen LogP contribution >= 0.6 is 0 Å². The predicted octanol–water partition coefficient (Wildman–Crippen LogP) is 17.0. The topological polar surface area (TPSA) is 78.9 Å². The third kappa shape index (κ3) is 51.4. The summed E-state index contributed by atoms with van der Waals surface area (Å²) in [7, 11) is 0. The van der Waals surface area contributed by atoms with E-state index < -0.39 is 6.10 Å². The van der Waals surface area contributed by atoms with Crippen LogP contribution in [0, 0.1) is 0 Å². The van der Waals surface area contributed by atoms with Gasteiger partial charge in [-0.05, 0) is 77.0 Å². The summed E-state index contributed by atoms with van der Waals surface area (Å²) in [5, 5.41) is 0. The molecule has 0 aliphatic heterocycles. The number of allylic oxidation sites excluding steroid dienone is 30. The van der Waals surface area contributed by atoms with Crippen LogP contribution < -0.4 is 0 Å². The van der Waals surface area contributed by atoms with E-state index in [1.807, 2.05) is 122 Å². The van der Waals surface area contributed by atoms with Crippen molar-refractivity contribution in [3.8, 4) is 0 Å². The molecule has 0 radical (unpaired) electrons. The molecule has 0 N–H and O–H groups in total. The van der Waals surface area contributed by atoms with Crippen LogP contribution in [-0.4, -0.2) is 37.2 Å². The molecule has 0 aromatic rings. The van der Waals surface area contributed by atoms with Crippen molar-refractivity contribution in [3.63, 3.8) is 0 Å². The van der Waals surface area contributed by atoms with Gasteiger partial charge in [-0.1, -0.05) is 248 Å². The maximum atomic E-state index is 12.8. The molecule has 0 aromatic carbocycles. The molecular weight excluding hydrogens is 829 g/mol. The maximum absolute atomic E-state index is 12.8. The second kappa shape index (κ2) is 53.1. The molecule has 0 bridgehead atoms. The summed E-state index contributed by atoms with van der Waals surface area (Å²) in [6, 6.07) is 0. The fraction of sp³-hybridized carbons (Fsp3) is 0.459. The van der Waals surface area contributed by atoms with E-state index in [1.54, 1.807) is 0 Å². The summed E-state index contributed by atoms with van der Waals surface area (Å²) < 4.78 is 16.7. The Balaban J connectivity index is 4.63. The van der Waals surface area contributed by atoms with E-state index in [-0.39, 0.29) is 44.0 Å². The molecule has 67 heavy (non-hydrogen) atoms. The van der Waals surface area contributed by atoms with Gasteiger partial charge in [0.25, 0.3) is 0 Å². The lowest BCUT2D eigenvalue weighted by atomic mass is 10.1. The van der Waals surface area contributed by atoms with Crippen LogP contribution in [0.4, 0.5) is 0 Å². The van der Waals surface area contributed by atoms with Gasteiger partial charge in [-0.2, -0.15) is 0 Å². The lowest BCUT2D eigenvalue weighted by molar-refractivity contribution is -0.167. The van der Waals surface area contributed by atoms with E-state index in [2.05, 4.69) is 81.5 Å². The Kier molecular flexibility index (Phi) is 48.8. The highest BCUT2D eigenvalue weighted by Gasteiger charge is 2.19. The van der Waals surface area contributed by atoms with Crippen molar-refractivity contribution in [1.29, 1.82) is 0 Å². The van der Waals surface area contributed by atoms with Crippen LogP contribution in [0.25, 0.3) is 0 Å². The maximum Gasteiger partial charge on any atom is 0.306 e. The highest BCUT2D eigenvalue weighted by molar-refractivity contribution is 5.71. The molecule has 1 atom stereocenters. The van der Waals surface area contributed by atoms with Crippen LogP contribution in [0.1, 0.15) is 162 Å². The molecule has 6 nitrogen and oxygen atoms in total. The first-order valence-electron chi connectivity index (χ1n) is 25.5. The molecule has 1 unspecified atom stereocenters. The zero-order chi connectivity index (χ0) is 48.6. The van der Waals surface area contributed by atoms with Gasteiger partial charge in [-0.25, -0.2) is 0 Å². The Bertz CT molecular complexity index is 1670. The lowest BCUT2D eigenvalue weighted by Gasteiger charge is -2.18. The van der Waals surface area contributed by atoms with Gasteiger partial charge in [0.05, 0.1) is 0 Å².